The molecule has 0 amide bonds. The number of halogens is 1. The van der Waals surface area contributed by atoms with Gasteiger partial charge in [0.1, 0.15) is 18.8 Å². The lowest BCUT2D eigenvalue weighted by molar-refractivity contribution is 0.280. The standard InChI is InChI=1S/C20H17FN10O2/c1-2-31-17(11-32-18-4-3-14(21)8-23-18)16(9-25-31)20-26-19(27-33-20)13-5-6-22-15(7-13)10-30-12-24-28-29-30/h3-9,12H,2,10-11H2,1H3. The van der Waals surface area contributed by atoms with Crippen LogP contribution in [-0.2, 0) is 19.7 Å². The molecular formula is C20H17FN10O2. The van der Waals surface area contributed by atoms with Gasteiger partial charge in [-0.15, -0.1) is 5.10 Å². The molecule has 5 rings (SSSR count). The van der Waals surface area contributed by atoms with Crippen molar-refractivity contribution in [1.29, 1.82) is 0 Å². The Morgan fingerprint density at radius 2 is 2.09 bits per heavy atom. The summed E-state index contributed by atoms with van der Waals surface area (Å²) >= 11 is 0. The SMILES string of the molecule is CCn1ncc(-c2nc(-c3ccnc(Cn4cnnn4)c3)no2)c1COc1ccc(F)cn1. The van der Waals surface area contributed by atoms with Crippen LogP contribution in [0.25, 0.3) is 22.8 Å². The third-order valence-electron chi connectivity index (χ3n) is 4.75. The van der Waals surface area contributed by atoms with E-state index < -0.39 is 5.82 Å². The molecule has 0 atom stereocenters. The van der Waals surface area contributed by atoms with E-state index in [1.807, 2.05) is 13.0 Å². The van der Waals surface area contributed by atoms with Crippen molar-refractivity contribution in [3.05, 3.63) is 66.4 Å². The highest BCUT2D eigenvalue weighted by molar-refractivity contribution is 5.61. The molecule has 0 spiro atoms. The van der Waals surface area contributed by atoms with Crippen LogP contribution in [0.2, 0.25) is 0 Å². The molecule has 12 nitrogen and oxygen atoms in total. The lowest BCUT2D eigenvalue weighted by Gasteiger charge is -2.08. The minimum absolute atomic E-state index is 0.144. The predicted molar refractivity (Wildman–Crippen MR) is 110 cm³/mol. The highest BCUT2D eigenvalue weighted by Gasteiger charge is 2.19. The average Bonchev–Trinajstić information content (AvgIpc) is 3.59. The van der Waals surface area contributed by atoms with Gasteiger partial charge in [-0.1, -0.05) is 5.16 Å². The number of aromatic nitrogens is 10. The molecule has 5 heterocycles. The van der Waals surface area contributed by atoms with Crippen molar-refractivity contribution in [2.24, 2.45) is 0 Å². The van der Waals surface area contributed by atoms with Crippen molar-refractivity contribution < 1.29 is 13.7 Å². The monoisotopic (exact) mass is 448 g/mol. The van der Waals surface area contributed by atoms with Gasteiger partial charge in [-0.25, -0.2) is 14.1 Å². The maximum absolute atomic E-state index is 13.1. The molecule has 5 aromatic heterocycles. The molecule has 0 radical (unpaired) electrons. The van der Waals surface area contributed by atoms with Crippen molar-refractivity contribution in [2.45, 2.75) is 26.6 Å². The van der Waals surface area contributed by atoms with Crippen molar-refractivity contribution in [3.8, 4) is 28.7 Å². The van der Waals surface area contributed by atoms with Crippen LogP contribution in [0, 0.1) is 5.82 Å². The van der Waals surface area contributed by atoms with E-state index in [2.05, 4.69) is 40.7 Å². The van der Waals surface area contributed by atoms with Crippen LogP contribution < -0.4 is 4.74 Å². The zero-order chi connectivity index (χ0) is 22.6. The van der Waals surface area contributed by atoms with Gasteiger partial charge in [-0.3, -0.25) is 9.67 Å². The molecule has 0 aliphatic rings. The first kappa shape index (κ1) is 20.4. The van der Waals surface area contributed by atoms with E-state index in [1.54, 1.807) is 27.8 Å². The summed E-state index contributed by atoms with van der Waals surface area (Å²) in [7, 11) is 0. The Kier molecular flexibility index (Phi) is 5.49. The van der Waals surface area contributed by atoms with Gasteiger partial charge in [0.05, 0.1) is 35.9 Å². The van der Waals surface area contributed by atoms with E-state index in [0.717, 1.165) is 23.1 Å². The van der Waals surface area contributed by atoms with Gasteiger partial charge >= 0.3 is 0 Å². The number of ether oxygens (including phenoxy) is 1. The minimum Gasteiger partial charge on any atom is -0.471 e. The minimum atomic E-state index is -0.433. The molecule has 0 unspecified atom stereocenters. The number of pyridine rings is 2. The Morgan fingerprint density at radius 3 is 2.88 bits per heavy atom. The molecule has 0 aromatic carbocycles. The van der Waals surface area contributed by atoms with E-state index in [9.17, 15) is 4.39 Å². The summed E-state index contributed by atoms with van der Waals surface area (Å²) in [5, 5.41) is 19.6. The van der Waals surface area contributed by atoms with Gasteiger partial charge in [0.15, 0.2) is 0 Å². The third kappa shape index (κ3) is 4.42. The maximum atomic E-state index is 13.1. The largest absolute Gasteiger partial charge is 0.471 e. The van der Waals surface area contributed by atoms with Crippen molar-refractivity contribution in [1.82, 2.24) is 50.1 Å². The second-order valence-corrected chi connectivity index (χ2v) is 6.89. The fourth-order valence-electron chi connectivity index (χ4n) is 3.18. The van der Waals surface area contributed by atoms with Crippen LogP contribution in [0.3, 0.4) is 0 Å². The summed E-state index contributed by atoms with van der Waals surface area (Å²) < 4.78 is 27.7. The number of tetrazole rings is 1. The summed E-state index contributed by atoms with van der Waals surface area (Å²) in [5.74, 6) is 0.567. The first-order chi connectivity index (χ1) is 16.2. The van der Waals surface area contributed by atoms with Gasteiger partial charge in [0, 0.05) is 24.4 Å². The van der Waals surface area contributed by atoms with Crippen LogP contribution in [0.1, 0.15) is 18.3 Å². The Balaban J connectivity index is 1.38. The molecule has 166 valence electrons. The highest BCUT2D eigenvalue weighted by atomic mass is 19.1. The molecule has 0 saturated carbocycles. The summed E-state index contributed by atoms with van der Waals surface area (Å²) in [6.07, 6.45) is 5.92. The Hall–Kier alpha value is -4.55. The summed E-state index contributed by atoms with van der Waals surface area (Å²) in [6.45, 7) is 3.12. The van der Waals surface area contributed by atoms with E-state index in [-0.39, 0.29) is 6.61 Å². The molecule has 5 aromatic rings. The molecule has 13 heteroatoms. The smallest absolute Gasteiger partial charge is 0.261 e. The van der Waals surface area contributed by atoms with Crippen LogP contribution >= 0.6 is 0 Å². The van der Waals surface area contributed by atoms with Crippen LogP contribution in [0.5, 0.6) is 5.88 Å². The fourth-order valence-corrected chi connectivity index (χ4v) is 3.18. The van der Waals surface area contributed by atoms with Crippen molar-refractivity contribution >= 4 is 0 Å². The third-order valence-corrected chi connectivity index (χ3v) is 4.75. The first-order valence-electron chi connectivity index (χ1n) is 9.99. The van der Waals surface area contributed by atoms with Crippen LogP contribution in [0.4, 0.5) is 4.39 Å². The molecular weight excluding hydrogens is 431 g/mol. The number of hydrogen-bond donors (Lipinski definition) is 0. The quantitative estimate of drug-likeness (QED) is 0.347. The van der Waals surface area contributed by atoms with Crippen molar-refractivity contribution in [2.75, 3.05) is 0 Å². The second-order valence-electron chi connectivity index (χ2n) is 6.89. The maximum Gasteiger partial charge on any atom is 0.261 e. The normalized spacial score (nSPS) is 11.1. The molecule has 0 fully saturated rings. The Morgan fingerprint density at radius 1 is 1.15 bits per heavy atom. The van der Waals surface area contributed by atoms with E-state index in [4.69, 9.17) is 9.26 Å². The van der Waals surface area contributed by atoms with E-state index in [1.165, 1.54) is 18.5 Å². The Labute approximate surface area is 186 Å². The van der Waals surface area contributed by atoms with Gasteiger partial charge < -0.3 is 9.26 Å². The number of nitrogens with zero attached hydrogens (tertiary/aromatic N) is 10. The molecule has 33 heavy (non-hydrogen) atoms. The summed E-state index contributed by atoms with van der Waals surface area (Å²) in [4.78, 5) is 12.8. The first-order valence-corrected chi connectivity index (χ1v) is 9.99. The van der Waals surface area contributed by atoms with Crippen molar-refractivity contribution in [3.63, 3.8) is 0 Å². The van der Waals surface area contributed by atoms with E-state index in [0.29, 0.717) is 36.2 Å². The predicted octanol–water partition coefficient (Wildman–Crippen LogP) is 2.16. The van der Waals surface area contributed by atoms with Gasteiger partial charge in [0.25, 0.3) is 5.89 Å². The van der Waals surface area contributed by atoms with Gasteiger partial charge in [0.2, 0.25) is 11.7 Å². The topological polar surface area (TPSA) is 135 Å². The number of rotatable bonds is 8. The average molecular weight is 448 g/mol. The molecule has 0 saturated heterocycles. The molecule has 0 aliphatic heterocycles. The van der Waals surface area contributed by atoms with Crippen LogP contribution in [-0.4, -0.2) is 50.1 Å². The molecule has 0 bridgehead atoms. The fraction of sp³-hybridized carbons (Fsp3) is 0.200. The lowest BCUT2D eigenvalue weighted by Crippen LogP contribution is -2.07. The lowest BCUT2D eigenvalue weighted by atomic mass is 10.2. The number of aryl methyl sites for hydroxylation is 1. The second kappa shape index (κ2) is 8.90. The van der Waals surface area contributed by atoms with Crippen LogP contribution in [0.15, 0.2) is 53.7 Å². The highest BCUT2D eigenvalue weighted by Crippen LogP contribution is 2.26. The molecule has 0 N–H and O–H groups in total. The zero-order valence-electron chi connectivity index (χ0n) is 17.4. The molecule has 0 aliphatic carbocycles. The Bertz CT molecular complexity index is 1350. The van der Waals surface area contributed by atoms with Gasteiger partial charge in [-0.2, -0.15) is 10.1 Å². The summed E-state index contributed by atoms with van der Waals surface area (Å²) in [5.41, 5.74) is 2.85. The van der Waals surface area contributed by atoms with Gasteiger partial charge in [-0.05, 0) is 35.5 Å². The zero-order valence-corrected chi connectivity index (χ0v) is 17.4. The summed E-state index contributed by atoms with van der Waals surface area (Å²) in [6, 6.07) is 6.38. The van der Waals surface area contributed by atoms with E-state index >= 15 is 0 Å². The number of hydrogen-bond acceptors (Lipinski definition) is 10.